The minimum Gasteiger partial charge on any atom is -0.413 e. The van der Waals surface area contributed by atoms with Crippen molar-refractivity contribution in [2.45, 2.75) is 110 Å². The summed E-state index contributed by atoms with van der Waals surface area (Å²) >= 11 is 0. The van der Waals surface area contributed by atoms with Gasteiger partial charge in [0, 0.05) is 42.6 Å². The van der Waals surface area contributed by atoms with E-state index in [0.717, 1.165) is 57.0 Å². The minimum absolute atomic E-state index is 0.0385. The third kappa shape index (κ3) is 6.96. The maximum atomic E-state index is 13.5. The summed E-state index contributed by atoms with van der Waals surface area (Å²) in [5.74, 6) is 1.27. The molecule has 2 fully saturated rings. The molecule has 10 heteroatoms. The molecule has 6 rings (SSSR count). The average Bonchev–Trinajstić information content (AvgIpc) is 3.58. The van der Waals surface area contributed by atoms with Gasteiger partial charge < -0.3 is 14.6 Å². The summed E-state index contributed by atoms with van der Waals surface area (Å²) in [6.45, 7) is 17.4. The fourth-order valence-corrected chi connectivity index (χ4v) is 7.86. The molecule has 2 aliphatic rings. The Kier molecular flexibility index (Phi) is 9.59. The molecule has 1 aromatic carbocycles. The third-order valence-corrected chi connectivity index (χ3v) is 15.4. The van der Waals surface area contributed by atoms with Crippen LogP contribution in [0.25, 0.3) is 11.0 Å². The molecule has 4 aromatic rings. The minimum atomic E-state index is -1.77. The van der Waals surface area contributed by atoms with Gasteiger partial charge in [0.2, 0.25) is 5.95 Å². The molecular weight excluding hydrogens is 617 g/mol. The zero-order valence-corrected chi connectivity index (χ0v) is 30.6. The highest BCUT2D eigenvalue weighted by Gasteiger charge is 2.37. The molecule has 1 saturated carbocycles. The Bertz CT molecular complexity index is 1830. The molecular formula is C38H50N6O3Si. The summed E-state index contributed by atoms with van der Waals surface area (Å²) in [4.78, 5) is 42.5. The van der Waals surface area contributed by atoms with Gasteiger partial charge in [-0.15, -0.1) is 0 Å². The molecule has 0 amide bonds. The van der Waals surface area contributed by atoms with E-state index in [1.54, 1.807) is 10.8 Å². The first kappa shape index (κ1) is 34.0. The molecule has 1 aliphatic heterocycles. The fourth-order valence-electron chi connectivity index (χ4n) is 6.90. The molecule has 4 heterocycles. The van der Waals surface area contributed by atoms with Crippen molar-refractivity contribution in [1.29, 1.82) is 0 Å². The second-order valence-electron chi connectivity index (χ2n) is 15.2. The van der Waals surface area contributed by atoms with E-state index < -0.39 is 8.32 Å². The van der Waals surface area contributed by atoms with E-state index >= 15 is 0 Å². The standard InChI is InChI=1S/C38H50N6O3Si/c1-25-32-23-40-37(42-35(32)44(31-10-8-9-11-31)36(46)34(25)26(2)45)41-33-17-14-29(22-39-33)28-18-20-43(21-19-28)30-15-12-27(13-16-30)24-47-48(6,7)38(3,4)5/h12-17,22-23,28,31H,8-11,18-21,24H2,1-7H3,(H,39,40,41,42). The van der Waals surface area contributed by atoms with E-state index in [0.29, 0.717) is 35.5 Å². The number of piperidine rings is 1. The lowest BCUT2D eigenvalue weighted by atomic mass is 9.90. The van der Waals surface area contributed by atoms with Gasteiger partial charge in [0.15, 0.2) is 14.1 Å². The van der Waals surface area contributed by atoms with Crippen LogP contribution in [0.15, 0.2) is 53.6 Å². The van der Waals surface area contributed by atoms with Gasteiger partial charge in [-0.2, -0.15) is 4.98 Å². The normalized spacial score (nSPS) is 16.5. The maximum absolute atomic E-state index is 13.5. The van der Waals surface area contributed by atoms with Crippen molar-refractivity contribution in [1.82, 2.24) is 19.5 Å². The summed E-state index contributed by atoms with van der Waals surface area (Å²) in [6, 6.07) is 13.1. The van der Waals surface area contributed by atoms with Crippen molar-refractivity contribution in [3.63, 3.8) is 0 Å². The third-order valence-electron chi connectivity index (χ3n) is 11.0. The van der Waals surface area contributed by atoms with Crippen LogP contribution in [-0.2, 0) is 11.0 Å². The molecule has 48 heavy (non-hydrogen) atoms. The highest BCUT2D eigenvalue weighted by Crippen LogP contribution is 2.37. The van der Waals surface area contributed by atoms with Gasteiger partial charge in [0.25, 0.3) is 5.56 Å². The van der Waals surface area contributed by atoms with Crippen molar-refractivity contribution in [3.05, 3.63) is 81.4 Å². The predicted molar refractivity (Wildman–Crippen MR) is 196 cm³/mol. The van der Waals surface area contributed by atoms with Crippen LogP contribution in [0.4, 0.5) is 17.5 Å². The number of anilines is 3. The van der Waals surface area contributed by atoms with Gasteiger partial charge in [-0.3, -0.25) is 14.2 Å². The molecule has 0 unspecified atom stereocenters. The lowest BCUT2D eigenvalue weighted by Gasteiger charge is -2.36. The number of aryl methyl sites for hydroxylation is 1. The van der Waals surface area contributed by atoms with Gasteiger partial charge in [-0.25, -0.2) is 9.97 Å². The van der Waals surface area contributed by atoms with E-state index in [2.05, 4.69) is 79.4 Å². The summed E-state index contributed by atoms with van der Waals surface area (Å²) in [6.07, 6.45) is 9.75. The van der Waals surface area contributed by atoms with Crippen LogP contribution < -0.4 is 15.8 Å². The zero-order chi connectivity index (χ0) is 34.2. The van der Waals surface area contributed by atoms with Crippen LogP contribution in [0.1, 0.15) is 105 Å². The Morgan fingerprint density at radius 1 is 0.979 bits per heavy atom. The van der Waals surface area contributed by atoms with E-state index in [1.165, 1.54) is 23.7 Å². The largest absolute Gasteiger partial charge is 0.413 e. The van der Waals surface area contributed by atoms with E-state index in [-0.39, 0.29) is 28.0 Å². The molecule has 9 nitrogen and oxygen atoms in total. The number of hydrogen-bond acceptors (Lipinski definition) is 8. The number of aromatic nitrogens is 4. The first-order valence-corrected chi connectivity index (χ1v) is 20.4. The summed E-state index contributed by atoms with van der Waals surface area (Å²) in [7, 11) is -1.77. The average molecular weight is 667 g/mol. The van der Waals surface area contributed by atoms with Crippen molar-refractivity contribution < 1.29 is 9.22 Å². The van der Waals surface area contributed by atoms with E-state index in [1.807, 2.05) is 19.2 Å². The number of carbonyl (C=O) groups excluding carboxylic acids is 1. The molecule has 254 valence electrons. The van der Waals surface area contributed by atoms with Crippen molar-refractivity contribution in [2.75, 3.05) is 23.3 Å². The van der Waals surface area contributed by atoms with Crippen molar-refractivity contribution in [2.24, 2.45) is 0 Å². The Balaban J connectivity index is 1.09. The number of ketones is 1. The number of rotatable bonds is 9. The quantitative estimate of drug-likeness (QED) is 0.140. The molecule has 1 aliphatic carbocycles. The molecule has 0 spiro atoms. The van der Waals surface area contributed by atoms with Crippen LogP contribution in [0.5, 0.6) is 0 Å². The second kappa shape index (κ2) is 13.5. The maximum Gasteiger partial charge on any atom is 0.263 e. The first-order chi connectivity index (χ1) is 22.8. The summed E-state index contributed by atoms with van der Waals surface area (Å²) < 4.78 is 8.15. The smallest absolute Gasteiger partial charge is 0.263 e. The number of nitrogens with one attached hydrogen (secondary N) is 1. The number of carbonyl (C=O) groups is 1. The van der Waals surface area contributed by atoms with Gasteiger partial charge in [-0.05, 0) is 98.5 Å². The molecule has 1 saturated heterocycles. The van der Waals surface area contributed by atoms with Crippen LogP contribution >= 0.6 is 0 Å². The topological polar surface area (TPSA) is 102 Å². The Morgan fingerprint density at radius 2 is 1.67 bits per heavy atom. The van der Waals surface area contributed by atoms with E-state index in [9.17, 15) is 9.59 Å². The number of hydrogen-bond donors (Lipinski definition) is 1. The van der Waals surface area contributed by atoms with Crippen LogP contribution in [0, 0.1) is 6.92 Å². The highest BCUT2D eigenvalue weighted by molar-refractivity contribution is 6.74. The summed E-state index contributed by atoms with van der Waals surface area (Å²) in [5.41, 5.74) is 4.94. The lowest BCUT2D eigenvalue weighted by Crippen LogP contribution is -2.40. The number of nitrogens with zero attached hydrogens (tertiary/aromatic N) is 5. The second-order valence-corrected chi connectivity index (χ2v) is 20.0. The number of Topliss-reactive ketones (excluding diaryl/α,β-unsaturated/α-hetero) is 1. The molecule has 0 radical (unpaired) electrons. The number of pyridine rings is 2. The molecule has 3 aromatic heterocycles. The first-order valence-electron chi connectivity index (χ1n) is 17.5. The van der Waals surface area contributed by atoms with Gasteiger partial charge >= 0.3 is 0 Å². The van der Waals surface area contributed by atoms with Gasteiger partial charge in [-0.1, -0.05) is 51.8 Å². The van der Waals surface area contributed by atoms with Crippen molar-refractivity contribution in [3.8, 4) is 0 Å². The van der Waals surface area contributed by atoms with Crippen LogP contribution in [-0.4, -0.2) is 46.7 Å². The Hall–Kier alpha value is -3.89. The molecule has 1 N–H and O–H groups in total. The van der Waals surface area contributed by atoms with Crippen molar-refractivity contribution >= 4 is 42.6 Å². The van der Waals surface area contributed by atoms with Crippen LogP contribution in [0.2, 0.25) is 18.1 Å². The van der Waals surface area contributed by atoms with Gasteiger partial charge in [0.1, 0.15) is 11.5 Å². The zero-order valence-electron chi connectivity index (χ0n) is 29.6. The molecule has 0 atom stereocenters. The molecule has 0 bridgehead atoms. The SMILES string of the molecule is CC(=O)c1c(C)c2cnc(Nc3ccc(C4CCN(c5ccc(CO[Si](C)(C)C(C)(C)C)cc5)CC4)cn3)nc2n(C2CCCC2)c1=O. The fraction of sp³-hybridized carbons (Fsp3) is 0.500. The number of fused-ring (bicyclic) bond motifs is 1. The number of benzene rings is 1. The lowest BCUT2D eigenvalue weighted by molar-refractivity contribution is 0.101. The van der Waals surface area contributed by atoms with E-state index in [4.69, 9.17) is 14.4 Å². The highest BCUT2D eigenvalue weighted by atomic mass is 28.4. The monoisotopic (exact) mass is 666 g/mol. The van der Waals surface area contributed by atoms with Crippen LogP contribution in [0.3, 0.4) is 0 Å². The Labute approximate surface area is 285 Å². The predicted octanol–water partition coefficient (Wildman–Crippen LogP) is 8.46. The summed E-state index contributed by atoms with van der Waals surface area (Å²) in [5, 5.41) is 4.19. The Morgan fingerprint density at radius 3 is 2.27 bits per heavy atom. The van der Waals surface area contributed by atoms with Gasteiger partial charge in [0.05, 0.1) is 12.2 Å².